The number of hydrogen-bond acceptors (Lipinski definition) is 5. The summed E-state index contributed by atoms with van der Waals surface area (Å²) < 4.78 is 9.91. The first-order chi connectivity index (χ1) is 6.37. The second kappa shape index (κ2) is 3.65. The van der Waals surface area contributed by atoms with Crippen molar-refractivity contribution >= 4 is 12.1 Å². The Kier molecular flexibility index (Phi) is 2.73. The van der Waals surface area contributed by atoms with Gasteiger partial charge in [0.05, 0.1) is 0 Å². The highest BCUT2D eigenvalue weighted by Crippen LogP contribution is 2.10. The first-order valence-corrected chi connectivity index (χ1v) is 4.17. The van der Waals surface area contributed by atoms with Crippen molar-refractivity contribution in [3.05, 3.63) is 5.89 Å². The molecular formula is C8H13N3O3. The van der Waals surface area contributed by atoms with Gasteiger partial charge in [-0.1, -0.05) is 5.10 Å². The normalized spacial score (nSPS) is 11.1. The molecule has 0 atom stereocenters. The van der Waals surface area contributed by atoms with E-state index in [-0.39, 0.29) is 6.01 Å². The summed E-state index contributed by atoms with van der Waals surface area (Å²) in [5.74, 6) is 0.385. The van der Waals surface area contributed by atoms with Crippen LogP contribution in [0.2, 0.25) is 0 Å². The molecule has 1 amide bonds. The van der Waals surface area contributed by atoms with E-state index >= 15 is 0 Å². The molecule has 6 heteroatoms. The minimum absolute atomic E-state index is 0.0387. The quantitative estimate of drug-likeness (QED) is 0.745. The summed E-state index contributed by atoms with van der Waals surface area (Å²) in [6.45, 7) is 6.94. The SMILES string of the molecule is Cc1nnc(NC(=O)OC(C)(C)C)o1. The summed E-state index contributed by atoms with van der Waals surface area (Å²) in [6.07, 6.45) is -0.610. The summed E-state index contributed by atoms with van der Waals surface area (Å²) in [7, 11) is 0. The van der Waals surface area contributed by atoms with Crippen molar-refractivity contribution in [2.24, 2.45) is 0 Å². The monoisotopic (exact) mass is 199 g/mol. The molecule has 1 aromatic rings. The first-order valence-electron chi connectivity index (χ1n) is 4.17. The van der Waals surface area contributed by atoms with Crippen molar-refractivity contribution < 1.29 is 13.9 Å². The lowest BCUT2D eigenvalue weighted by Crippen LogP contribution is -2.27. The molecule has 0 radical (unpaired) electrons. The van der Waals surface area contributed by atoms with Crippen molar-refractivity contribution in [1.82, 2.24) is 10.2 Å². The van der Waals surface area contributed by atoms with Gasteiger partial charge in [-0.3, -0.25) is 0 Å². The lowest BCUT2D eigenvalue weighted by molar-refractivity contribution is 0.0631. The Morgan fingerprint density at radius 3 is 2.50 bits per heavy atom. The zero-order chi connectivity index (χ0) is 10.8. The van der Waals surface area contributed by atoms with E-state index in [2.05, 4.69) is 15.5 Å². The van der Waals surface area contributed by atoms with Crippen LogP contribution in [0.5, 0.6) is 0 Å². The van der Waals surface area contributed by atoms with E-state index in [1.54, 1.807) is 27.7 Å². The molecule has 1 aromatic heterocycles. The molecule has 0 fully saturated rings. The fourth-order valence-electron chi connectivity index (χ4n) is 0.738. The third-order valence-corrected chi connectivity index (χ3v) is 1.13. The number of nitrogens with one attached hydrogen (secondary N) is 1. The number of nitrogens with zero attached hydrogens (tertiary/aromatic N) is 2. The van der Waals surface area contributed by atoms with E-state index in [1.165, 1.54) is 0 Å². The van der Waals surface area contributed by atoms with Crippen LogP contribution in [0.15, 0.2) is 4.42 Å². The van der Waals surface area contributed by atoms with Crippen molar-refractivity contribution in [3.8, 4) is 0 Å². The molecular weight excluding hydrogens is 186 g/mol. The molecule has 0 saturated heterocycles. The number of amides is 1. The fourth-order valence-corrected chi connectivity index (χ4v) is 0.738. The number of anilines is 1. The Morgan fingerprint density at radius 1 is 1.43 bits per heavy atom. The predicted octanol–water partition coefficient (Wildman–Crippen LogP) is 1.73. The van der Waals surface area contributed by atoms with E-state index in [9.17, 15) is 4.79 Å². The fraction of sp³-hybridized carbons (Fsp3) is 0.625. The third kappa shape index (κ3) is 3.42. The van der Waals surface area contributed by atoms with E-state index < -0.39 is 11.7 Å². The number of rotatable bonds is 1. The molecule has 0 aromatic carbocycles. The van der Waals surface area contributed by atoms with Crippen LogP contribution >= 0.6 is 0 Å². The van der Waals surface area contributed by atoms with E-state index in [4.69, 9.17) is 9.15 Å². The van der Waals surface area contributed by atoms with Gasteiger partial charge in [0.15, 0.2) is 0 Å². The van der Waals surface area contributed by atoms with Gasteiger partial charge in [-0.05, 0) is 20.8 Å². The van der Waals surface area contributed by atoms with Crippen LogP contribution in [0.3, 0.4) is 0 Å². The van der Waals surface area contributed by atoms with Crippen LogP contribution in [0, 0.1) is 6.92 Å². The second-order valence-electron chi connectivity index (χ2n) is 3.75. The molecule has 0 aliphatic rings. The van der Waals surface area contributed by atoms with E-state index in [0.29, 0.717) is 5.89 Å². The molecule has 0 saturated carbocycles. The number of carbonyl (C=O) groups excluding carboxylic acids is 1. The highest BCUT2D eigenvalue weighted by molar-refractivity contribution is 5.81. The predicted molar refractivity (Wildman–Crippen MR) is 48.9 cm³/mol. The van der Waals surface area contributed by atoms with Crippen LogP contribution < -0.4 is 5.32 Å². The zero-order valence-electron chi connectivity index (χ0n) is 8.62. The summed E-state index contributed by atoms with van der Waals surface area (Å²) in [6, 6.07) is 0.0387. The molecule has 14 heavy (non-hydrogen) atoms. The smallest absolute Gasteiger partial charge is 0.415 e. The summed E-state index contributed by atoms with van der Waals surface area (Å²) in [5, 5.41) is 9.45. The molecule has 1 rings (SSSR count). The second-order valence-corrected chi connectivity index (χ2v) is 3.75. The van der Waals surface area contributed by atoms with Gasteiger partial charge in [-0.2, -0.15) is 0 Å². The Hall–Kier alpha value is -1.59. The average Bonchev–Trinajstić information content (AvgIpc) is 2.30. The van der Waals surface area contributed by atoms with Gasteiger partial charge in [0, 0.05) is 6.92 Å². The highest BCUT2D eigenvalue weighted by Gasteiger charge is 2.17. The third-order valence-electron chi connectivity index (χ3n) is 1.13. The average molecular weight is 199 g/mol. The standard InChI is InChI=1S/C8H13N3O3/c1-5-10-11-6(13-5)9-7(12)14-8(2,3)4/h1-4H3,(H,9,11,12). The molecule has 0 spiro atoms. The first kappa shape index (κ1) is 10.5. The maximum Gasteiger partial charge on any atom is 0.415 e. The highest BCUT2D eigenvalue weighted by atomic mass is 16.6. The van der Waals surface area contributed by atoms with Gasteiger partial charge in [-0.25, -0.2) is 10.1 Å². The van der Waals surface area contributed by atoms with Gasteiger partial charge < -0.3 is 9.15 Å². The van der Waals surface area contributed by atoms with Crippen LogP contribution in [-0.4, -0.2) is 21.9 Å². The molecule has 0 aliphatic heterocycles. The topological polar surface area (TPSA) is 77.2 Å². The van der Waals surface area contributed by atoms with Gasteiger partial charge in [0.1, 0.15) is 5.60 Å². The molecule has 0 aliphatic carbocycles. The van der Waals surface area contributed by atoms with Crippen molar-refractivity contribution in [3.63, 3.8) is 0 Å². The Morgan fingerprint density at radius 2 is 2.07 bits per heavy atom. The summed E-state index contributed by atoms with van der Waals surface area (Å²) >= 11 is 0. The minimum atomic E-state index is -0.610. The molecule has 6 nitrogen and oxygen atoms in total. The van der Waals surface area contributed by atoms with Crippen LogP contribution in [0.25, 0.3) is 0 Å². The molecule has 0 bridgehead atoms. The van der Waals surface area contributed by atoms with Crippen molar-refractivity contribution in [1.29, 1.82) is 0 Å². The maximum atomic E-state index is 11.2. The lowest BCUT2D eigenvalue weighted by atomic mass is 10.2. The zero-order valence-corrected chi connectivity index (χ0v) is 8.62. The van der Waals surface area contributed by atoms with E-state index in [0.717, 1.165) is 0 Å². The minimum Gasteiger partial charge on any atom is -0.443 e. The van der Waals surface area contributed by atoms with Gasteiger partial charge in [0.25, 0.3) is 0 Å². The van der Waals surface area contributed by atoms with Crippen LogP contribution in [-0.2, 0) is 4.74 Å². The molecule has 78 valence electrons. The van der Waals surface area contributed by atoms with Crippen molar-refractivity contribution in [2.75, 3.05) is 5.32 Å². The van der Waals surface area contributed by atoms with Gasteiger partial charge >= 0.3 is 12.1 Å². The Labute approximate surface area is 81.6 Å². The largest absolute Gasteiger partial charge is 0.443 e. The van der Waals surface area contributed by atoms with E-state index in [1.807, 2.05) is 0 Å². The summed E-state index contributed by atoms with van der Waals surface area (Å²) in [5.41, 5.74) is -0.543. The van der Waals surface area contributed by atoms with Crippen LogP contribution in [0.1, 0.15) is 26.7 Å². The number of aromatic nitrogens is 2. The van der Waals surface area contributed by atoms with Crippen molar-refractivity contribution in [2.45, 2.75) is 33.3 Å². The molecule has 0 unspecified atom stereocenters. The lowest BCUT2D eigenvalue weighted by Gasteiger charge is -2.18. The molecule has 1 heterocycles. The Bertz CT molecular complexity index is 327. The van der Waals surface area contributed by atoms with Crippen LogP contribution in [0.4, 0.5) is 10.8 Å². The number of carbonyl (C=O) groups is 1. The van der Waals surface area contributed by atoms with Gasteiger partial charge in [-0.15, -0.1) is 5.10 Å². The van der Waals surface area contributed by atoms with Gasteiger partial charge in [0.2, 0.25) is 5.89 Å². The molecule has 1 N–H and O–H groups in total. The maximum absolute atomic E-state index is 11.2. The Balaban J connectivity index is 2.50. The number of hydrogen-bond donors (Lipinski definition) is 1. The number of aryl methyl sites for hydroxylation is 1. The summed E-state index contributed by atoms with van der Waals surface area (Å²) in [4.78, 5) is 11.2. The number of ether oxygens (including phenoxy) is 1.